The van der Waals surface area contributed by atoms with Gasteiger partial charge in [-0.1, -0.05) is 13.8 Å². The van der Waals surface area contributed by atoms with Crippen molar-refractivity contribution in [2.75, 3.05) is 0 Å². The molecule has 0 aliphatic carbocycles. The minimum Gasteiger partial charge on any atom is -0.465 e. The summed E-state index contributed by atoms with van der Waals surface area (Å²) in [6.45, 7) is 3.68. The van der Waals surface area contributed by atoms with Crippen LogP contribution in [0.2, 0.25) is 0 Å². The van der Waals surface area contributed by atoms with Gasteiger partial charge in [0.1, 0.15) is 3.55 Å². The first-order valence-electron chi connectivity index (χ1n) is 4.25. The van der Waals surface area contributed by atoms with Gasteiger partial charge < -0.3 is 14.9 Å². The number of rotatable bonds is 3. The number of carboxylic acid groups (broad SMARTS) is 1. The van der Waals surface area contributed by atoms with Crippen molar-refractivity contribution >= 4 is 28.7 Å². The molecule has 1 rings (SSSR count). The molecule has 15 heavy (non-hydrogen) atoms. The zero-order chi connectivity index (χ0) is 11.6. The minimum absolute atomic E-state index is 0.0394. The first kappa shape index (κ1) is 12.1. The Balaban J connectivity index is 3.11. The number of amides is 1. The number of hydrogen-bond acceptors (Lipinski definition) is 3. The van der Waals surface area contributed by atoms with E-state index in [1.807, 2.05) is 36.4 Å². The van der Waals surface area contributed by atoms with Crippen LogP contribution in [0, 0.1) is 5.92 Å². The van der Waals surface area contributed by atoms with Crippen LogP contribution in [0.25, 0.3) is 0 Å². The van der Waals surface area contributed by atoms with Gasteiger partial charge >= 0.3 is 11.7 Å². The molecule has 3 N–H and O–H groups in total. The van der Waals surface area contributed by atoms with Crippen LogP contribution in [-0.2, 0) is 3.55 Å². The molecule has 1 heterocycles. The molecule has 0 aliphatic heterocycles. The van der Waals surface area contributed by atoms with Crippen LogP contribution in [0.4, 0.5) is 4.79 Å². The van der Waals surface area contributed by atoms with Gasteiger partial charge in [0.25, 0.3) is 0 Å². The second kappa shape index (κ2) is 4.25. The summed E-state index contributed by atoms with van der Waals surface area (Å²) in [4.78, 5) is 21.5. The molecule has 0 aliphatic rings. The molecule has 1 amide bonds. The number of H-pyrrole nitrogens is 1. The highest BCUT2D eigenvalue weighted by molar-refractivity contribution is 14.1. The van der Waals surface area contributed by atoms with Gasteiger partial charge in [0.2, 0.25) is 0 Å². The highest BCUT2D eigenvalue weighted by atomic mass is 127. The van der Waals surface area contributed by atoms with Gasteiger partial charge in [-0.3, -0.25) is 0 Å². The number of nitrogens with one attached hydrogen (secondary N) is 2. The lowest BCUT2D eigenvalue weighted by atomic mass is 10.0. The quantitative estimate of drug-likeness (QED) is 0.445. The fraction of sp³-hybridized carbons (Fsp3) is 0.500. The maximum Gasteiger partial charge on any atom is 0.406 e. The van der Waals surface area contributed by atoms with Crippen LogP contribution in [0.5, 0.6) is 0 Å². The Kier molecular flexibility index (Phi) is 3.42. The van der Waals surface area contributed by atoms with E-state index in [-0.39, 0.29) is 5.92 Å². The third kappa shape index (κ3) is 2.52. The van der Waals surface area contributed by atoms with Crippen LogP contribution >= 0.6 is 22.6 Å². The lowest BCUT2D eigenvalue weighted by molar-refractivity contribution is 0.183. The van der Waals surface area contributed by atoms with Crippen molar-refractivity contribution in [3.63, 3.8) is 0 Å². The van der Waals surface area contributed by atoms with Crippen molar-refractivity contribution in [2.24, 2.45) is 5.92 Å². The summed E-state index contributed by atoms with van der Waals surface area (Å²) in [5.41, 5.74) is -0.121. The molecule has 6 nitrogen and oxygen atoms in total. The molecule has 1 unspecified atom stereocenters. The Labute approximate surface area is 99.2 Å². The van der Waals surface area contributed by atoms with Gasteiger partial charge in [-0.25, -0.2) is 14.7 Å². The molecule has 1 aromatic heterocycles. The third-order valence-electron chi connectivity index (χ3n) is 2.00. The molecule has 84 valence electrons. The summed E-state index contributed by atoms with van der Waals surface area (Å²) in [5.74, 6) is -0.0394. The second-order valence-corrected chi connectivity index (χ2v) is 5.08. The lowest BCUT2D eigenvalue weighted by Crippen LogP contribution is -2.44. The van der Waals surface area contributed by atoms with E-state index in [1.54, 1.807) is 0 Å². The van der Waals surface area contributed by atoms with Gasteiger partial charge in [0.15, 0.2) is 0 Å². The largest absolute Gasteiger partial charge is 0.465 e. The molecule has 0 spiro atoms. The summed E-state index contributed by atoms with van der Waals surface area (Å²) < 4.78 is 3.63. The molecule has 0 saturated heterocycles. The zero-order valence-electron chi connectivity index (χ0n) is 8.20. The van der Waals surface area contributed by atoms with Gasteiger partial charge in [-0.2, -0.15) is 0 Å². The summed E-state index contributed by atoms with van der Waals surface area (Å²) in [5, 5.41) is 13.5. The van der Waals surface area contributed by atoms with Crippen molar-refractivity contribution in [3.05, 3.63) is 22.2 Å². The standard InChI is InChI=1S/C8H11IN2O4/c1-4(2)8(9,10-7(13)14)5-3-6(12)15-11-5/h3-4,10-11H,1-2H3,(H,13,14). The fourth-order valence-electron chi connectivity index (χ4n) is 1.14. The van der Waals surface area contributed by atoms with E-state index in [0.717, 1.165) is 0 Å². The second-order valence-electron chi connectivity index (χ2n) is 3.38. The molecule has 0 saturated carbocycles. The van der Waals surface area contributed by atoms with Gasteiger partial charge in [0, 0.05) is 0 Å². The van der Waals surface area contributed by atoms with E-state index >= 15 is 0 Å². The van der Waals surface area contributed by atoms with E-state index < -0.39 is 15.3 Å². The highest BCUT2D eigenvalue weighted by Gasteiger charge is 2.36. The first-order valence-corrected chi connectivity index (χ1v) is 5.33. The Morgan fingerprint density at radius 1 is 1.73 bits per heavy atom. The van der Waals surface area contributed by atoms with Gasteiger partial charge in [-0.05, 0) is 28.5 Å². The van der Waals surface area contributed by atoms with E-state index in [2.05, 4.69) is 15.0 Å². The minimum atomic E-state index is -1.15. The van der Waals surface area contributed by atoms with E-state index in [9.17, 15) is 9.59 Å². The highest BCUT2D eigenvalue weighted by Crippen LogP contribution is 2.34. The molecule has 0 bridgehead atoms. The predicted molar refractivity (Wildman–Crippen MR) is 61.0 cm³/mol. The van der Waals surface area contributed by atoms with E-state index in [1.165, 1.54) is 6.07 Å². The number of alkyl halides is 1. The maximum absolute atomic E-state index is 10.9. The number of aromatic amines is 1. The molecule has 1 atom stereocenters. The van der Waals surface area contributed by atoms with Crippen molar-refractivity contribution in [3.8, 4) is 0 Å². The van der Waals surface area contributed by atoms with Crippen molar-refractivity contribution in [2.45, 2.75) is 17.4 Å². The molecular weight excluding hydrogens is 315 g/mol. The smallest absolute Gasteiger partial charge is 0.406 e. The summed E-state index contributed by atoms with van der Waals surface area (Å²) in [6.07, 6.45) is -1.15. The van der Waals surface area contributed by atoms with E-state index in [0.29, 0.717) is 5.69 Å². The average molecular weight is 326 g/mol. The molecule has 7 heteroatoms. The molecular formula is C8H11IN2O4. The summed E-state index contributed by atoms with van der Waals surface area (Å²) >= 11 is 1.94. The number of aromatic nitrogens is 1. The Bertz CT molecular complexity index is 411. The third-order valence-corrected chi connectivity index (χ3v) is 4.10. The Morgan fingerprint density at radius 2 is 2.33 bits per heavy atom. The van der Waals surface area contributed by atoms with Crippen LogP contribution in [0.1, 0.15) is 19.5 Å². The Hall–Kier alpha value is -0.990. The SMILES string of the molecule is CC(C)C(I)(NC(=O)O)c1cc(=O)o[nH]1. The van der Waals surface area contributed by atoms with Crippen molar-refractivity contribution in [1.82, 2.24) is 10.5 Å². The predicted octanol–water partition coefficient (Wildman–Crippen LogP) is 1.48. The number of hydrogen-bond donors (Lipinski definition) is 3. The molecule has 0 fully saturated rings. The fourth-order valence-corrected chi connectivity index (χ4v) is 1.64. The normalized spacial score (nSPS) is 14.9. The maximum atomic E-state index is 10.9. The first-order chi connectivity index (χ1) is 6.86. The van der Waals surface area contributed by atoms with Crippen LogP contribution in [-0.4, -0.2) is 16.4 Å². The van der Waals surface area contributed by atoms with Gasteiger partial charge in [-0.15, -0.1) is 0 Å². The summed E-state index contributed by atoms with van der Waals surface area (Å²) in [7, 11) is 0. The summed E-state index contributed by atoms with van der Waals surface area (Å²) in [6, 6.07) is 1.24. The number of carbonyl (C=O) groups is 1. The van der Waals surface area contributed by atoms with Crippen LogP contribution in [0.3, 0.4) is 0 Å². The topological polar surface area (TPSA) is 95.3 Å². The molecule has 1 aromatic rings. The van der Waals surface area contributed by atoms with Crippen molar-refractivity contribution < 1.29 is 14.4 Å². The molecule has 0 radical (unpaired) electrons. The number of halogens is 1. The van der Waals surface area contributed by atoms with Crippen LogP contribution in [0.15, 0.2) is 15.4 Å². The van der Waals surface area contributed by atoms with Crippen molar-refractivity contribution in [1.29, 1.82) is 0 Å². The molecule has 0 aromatic carbocycles. The average Bonchev–Trinajstić information content (AvgIpc) is 2.50. The zero-order valence-corrected chi connectivity index (χ0v) is 10.4. The lowest BCUT2D eigenvalue weighted by Gasteiger charge is -2.29. The van der Waals surface area contributed by atoms with Crippen LogP contribution < -0.4 is 10.9 Å². The van der Waals surface area contributed by atoms with E-state index in [4.69, 9.17) is 5.11 Å². The Morgan fingerprint density at radius 3 is 2.67 bits per heavy atom. The monoisotopic (exact) mass is 326 g/mol. The van der Waals surface area contributed by atoms with Gasteiger partial charge in [0.05, 0.1) is 11.8 Å².